The molecule has 0 aliphatic heterocycles. The van der Waals surface area contributed by atoms with Gasteiger partial charge in [-0.3, -0.25) is 9.78 Å². The van der Waals surface area contributed by atoms with Crippen LogP contribution in [0.4, 0.5) is 5.69 Å². The SMILES string of the molecule is Cc1ccc(-c2cncc(C(=O)Nc3ccc(C(C)C)cc3)c2)cc1. The average Bonchev–Trinajstić information content (AvgIpc) is 2.63. The number of benzene rings is 2. The van der Waals surface area contributed by atoms with Gasteiger partial charge in [-0.2, -0.15) is 0 Å². The van der Waals surface area contributed by atoms with Gasteiger partial charge in [0.05, 0.1) is 5.56 Å². The van der Waals surface area contributed by atoms with Crippen molar-refractivity contribution < 1.29 is 4.79 Å². The van der Waals surface area contributed by atoms with E-state index in [1.165, 1.54) is 11.1 Å². The molecule has 1 N–H and O–H groups in total. The van der Waals surface area contributed by atoms with Crippen LogP contribution in [0, 0.1) is 6.92 Å². The van der Waals surface area contributed by atoms with Crippen molar-refractivity contribution in [2.24, 2.45) is 0 Å². The first-order chi connectivity index (χ1) is 12.0. The summed E-state index contributed by atoms with van der Waals surface area (Å²) in [7, 11) is 0. The zero-order valence-corrected chi connectivity index (χ0v) is 14.8. The summed E-state index contributed by atoms with van der Waals surface area (Å²) in [6.45, 7) is 6.35. The summed E-state index contributed by atoms with van der Waals surface area (Å²) in [4.78, 5) is 16.7. The molecule has 0 fully saturated rings. The molecule has 0 aliphatic carbocycles. The molecule has 0 unspecified atom stereocenters. The molecule has 25 heavy (non-hydrogen) atoms. The van der Waals surface area contributed by atoms with E-state index in [1.807, 2.05) is 42.5 Å². The van der Waals surface area contributed by atoms with Crippen LogP contribution in [0.25, 0.3) is 11.1 Å². The summed E-state index contributed by atoms with van der Waals surface area (Å²) in [6, 6.07) is 18.0. The summed E-state index contributed by atoms with van der Waals surface area (Å²) in [5, 5.41) is 2.93. The van der Waals surface area contributed by atoms with E-state index in [9.17, 15) is 4.79 Å². The molecule has 1 amide bonds. The normalized spacial score (nSPS) is 10.7. The standard InChI is InChI=1S/C22H22N2O/c1-15(2)17-8-10-21(11-9-17)24-22(25)20-12-19(13-23-14-20)18-6-4-16(3)5-7-18/h4-15H,1-3H3,(H,24,25). The van der Waals surface area contributed by atoms with Crippen molar-refractivity contribution >= 4 is 11.6 Å². The fourth-order valence-corrected chi connectivity index (χ4v) is 2.62. The van der Waals surface area contributed by atoms with Crippen LogP contribution in [0.3, 0.4) is 0 Å². The predicted molar refractivity (Wildman–Crippen MR) is 103 cm³/mol. The molecule has 0 atom stereocenters. The van der Waals surface area contributed by atoms with Crippen LogP contribution in [0.1, 0.15) is 41.3 Å². The molecule has 0 aliphatic rings. The topological polar surface area (TPSA) is 42.0 Å². The maximum atomic E-state index is 12.5. The van der Waals surface area contributed by atoms with E-state index < -0.39 is 0 Å². The van der Waals surface area contributed by atoms with E-state index in [4.69, 9.17) is 0 Å². The molecule has 126 valence electrons. The number of aromatic nitrogens is 1. The van der Waals surface area contributed by atoms with Crippen molar-refractivity contribution in [1.29, 1.82) is 0 Å². The summed E-state index contributed by atoms with van der Waals surface area (Å²) >= 11 is 0. The van der Waals surface area contributed by atoms with E-state index in [0.29, 0.717) is 11.5 Å². The smallest absolute Gasteiger partial charge is 0.257 e. The fourth-order valence-electron chi connectivity index (χ4n) is 2.62. The number of hydrogen-bond donors (Lipinski definition) is 1. The van der Waals surface area contributed by atoms with Crippen LogP contribution in [-0.4, -0.2) is 10.9 Å². The minimum Gasteiger partial charge on any atom is -0.322 e. The molecule has 1 aromatic heterocycles. The predicted octanol–water partition coefficient (Wildman–Crippen LogP) is 5.43. The van der Waals surface area contributed by atoms with Gasteiger partial charge in [-0.05, 0) is 42.2 Å². The number of carbonyl (C=O) groups excluding carboxylic acids is 1. The molecule has 0 saturated heterocycles. The molecular weight excluding hydrogens is 308 g/mol. The van der Waals surface area contributed by atoms with Crippen LogP contribution in [-0.2, 0) is 0 Å². The largest absolute Gasteiger partial charge is 0.322 e. The molecule has 0 radical (unpaired) electrons. The number of nitrogens with one attached hydrogen (secondary N) is 1. The fraction of sp³-hybridized carbons (Fsp3) is 0.182. The lowest BCUT2D eigenvalue weighted by atomic mass is 10.0. The molecule has 3 rings (SSSR count). The van der Waals surface area contributed by atoms with Crippen LogP contribution < -0.4 is 5.32 Å². The van der Waals surface area contributed by atoms with Crippen LogP contribution in [0.2, 0.25) is 0 Å². The lowest BCUT2D eigenvalue weighted by Gasteiger charge is -2.09. The number of hydrogen-bond acceptors (Lipinski definition) is 2. The third kappa shape index (κ3) is 4.13. The highest BCUT2D eigenvalue weighted by atomic mass is 16.1. The lowest BCUT2D eigenvalue weighted by Crippen LogP contribution is -2.12. The van der Waals surface area contributed by atoms with Crippen molar-refractivity contribution in [3.05, 3.63) is 83.7 Å². The Hall–Kier alpha value is -2.94. The van der Waals surface area contributed by atoms with Gasteiger partial charge >= 0.3 is 0 Å². The summed E-state index contributed by atoms with van der Waals surface area (Å²) in [6.07, 6.45) is 3.37. The van der Waals surface area contributed by atoms with Gasteiger partial charge in [0.15, 0.2) is 0 Å². The Labute approximate surface area is 148 Å². The molecule has 0 saturated carbocycles. The number of amides is 1. The highest BCUT2D eigenvalue weighted by Gasteiger charge is 2.09. The van der Waals surface area contributed by atoms with Gasteiger partial charge in [0, 0.05) is 23.6 Å². The van der Waals surface area contributed by atoms with Gasteiger partial charge in [-0.1, -0.05) is 55.8 Å². The number of carbonyl (C=O) groups is 1. The molecule has 3 aromatic rings. The zero-order chi connectivity index (χ0) is 17.8. The maximum absolute atomic E-state index is 12.5. The van der Waals surface area contributed by atoms with E-state index in [-0.39, 0.29) is 5.91 Å². The van der Waals surface area contributed by atoms with Crippen LogP contribution in [0.15, 0.2) is 67.0 Å². The molecule has 0 spiro atoms. The molecule has 3 heteroatoms. The van der Waals surface area contributed by atoms with Gasteiger partial charge in [0.2, 0.25) is 0 Å². The monoisotopic (exact) mass is 330 g/mol. The Morgan fingerprint density at radius 2 is 1.60 bits per heavy atom. The molecule has 1 heterocycles. The molecule has 3 nitrogen and oxygen atoms in total. The molecule has 2 aromatic carbocycles. The van der Waals surface area contributed by atoms with E-state index in [2.05, 4.69) is 43.2 Å². The first kappa shape index (κ1) is 16.9. The van der Waals surface area contributed by atoms with Crippen molar-refractivity contribution in [1.82, 2.24) is 4.98 Å². The van der Waals surface area contributed by atoms with Gasteiger partial charge < -0.3 is 5.32 Å². The van der Waals surface area contributed by atoms with E-state index >= 15 is 0 Å². The van der Waals surface area contributed by atoms with Crippen molar-refractivity contribution in [2.45, 2.75) is 26.7 Å². The van der Waals surface area contributed by atoms with Crippen molar-refractivity contribution in [3.63, 3.8) is 0 Å². The van der Waals surface area contributed by atoms with Crippen LogP contribution in [0.5, 0.6) is 0 Å². The summed E-state index contributed by atoms with van der Waals surface area (Å²) in [5.74, 6) is 0.318. The number of pyridine rings is 1. The number of rotatable bonds is 4. The lowest BCUT2D eigenvalue weighted by molar-refractivity contribution is 0.102. The van der Waals surface area contributed by atoms with Crippen molar-refractivity contribution in [2.75, 3.05) is 5.32 Å². The second-order valence-electron chi connectivity index (χ2n) is 6.56. The minimum absolute atomic E-state index is 0.154. The van der Waals surface area contributed by atoms with Gasteiger partial charge in [-0.25, -0.2) is 0 Å². The Morgan fingerprint density at radius 1 is 0.920 bits per heavy atom. The number of aryl methyl sites for hydroxylation is 1. The Balaban J connectivity index is 1.78. The van der Waals surface area contributed by atoms with Gasteiger partial charge in [0.1, 0.15) is 0 Å². The van der Waals surface area contributed by atoms with Gasteiger partial charge in [0.25, 0.3) is 5.91 Å². The maximum Gasteiger partial charge on any atom is 0.257 e. The number of anilines is 1. The quantitative estimate of drug-likeness (QED) is 0.693. The Bertz CT molecular complexity index is 865. The zero-order valence-electron chi connectivity index (χ0n) is 14.8. The highest BCUT2D eigenvalue weighted by molar-refractivity contribution is 6.04. The van der Waals surface area contributed by atoms with E-state index in [1.54, 1.807) is 12.4 Å². The molecule has 0 bridgehead atoms. The average molecular weight is 330 g/mol. The second kappa shape index (κ2) is 7.31. The third-order valence-electron chi connectivity index (χ3n) is 4.22. The van der Waals surface area contributed by atoms with Crippen LogP contribution >= 0.6 is 0 Å². The van der Waals surface area contributed by atoms with E-state index in [0.717, 1.165) is 16.8 Å². The Morgan fingerprint density at radius 3 is 2.24 bits per heavy atom. The third-order valence-corrected chi connectivity index (χ3v) is 4.22. The first-order valence-electron chi connectivity index (χ1n) is 8.46. The Kier molecular flexibility index (Phi) is 4.94. The number of nitrogens with zero attached hydrogens (tertiary/aromatic N) is 1. The first-order valence-corrected chi connectivity index (χ1v) is 8.46. The van der Waals surface area contributed by atoms with Gasteiger partial charge in [-0.15, -0.1) is 0 Å². The summed E-state index contributed by atoms with van der Waals surface area (Å²) in [5.41, 5.74) is 5.77. The second-order valence-corrected chi connectivity index (χ2v) is 6.56. The molecular formula is C22H22N2O. The van der Waals surface area contributed by atoms with Crippen molar-refractivity contribution in [3.8, 4) is 11.1 Å². The minimum atomic E-state index is -0.154. The highest BCUT2D eigenvalue weighted by Crippen LogP contribution is 2.21. The summed E-state index contributed by atoms with van der Waals surface area (Å²) < 4.78 is 0.